The zero-order chi connectivity index (χ0) is 16.3. The number of hydrogen-bond donors (Lipinski definition) is 1. The third-order valence-electron chi connectivity index (χ3n) is 3.04. The molecule has 0 amide bonds. The van der Waals surface area contributed by atoms with Crippen LogP contribution in [0.5, 0.6) is 5.75 Å². The van der Waals surface area contributed by atoms with Crippen LogP contribution in [-0.2, 0) is 19.3 Å². The van der Waals surface area contributed by atoms with Crippen molar-refractivity contribution in [3.05, 3.63) is 47.3 Å². The molecule has 1 aromatic carbocycles. The highest BCUT2D eigenvalue weighted by molar-refractivity contribution is 5.88. The standard InChI is InChI=1S/C14H13F3N2O3/c1-2-19-11(9(7-18-19)13(20)21)8-22-12-6-4-3-5-10(12)14(15,16)17/h3-7H,2,8H2,1H3,(H,20,21). The number of hydrogen-bond acceptors (Lipinski definition) is 3. The summed E-state index contributed by atoms with van der Waals surface area (Å²) in [6, 6.07) is 4.77. The first-order chi connectivity index (χ1) is 10.3. The van der Waals surface area contributed by atoms with Crippen molar-refractivity contribution >= 4 is 5.97 Å². The van der Waals surface area contributed by atoms with E-state index in [9.17, 15) is 18.0 Å². The number of carbonyl (C=O) groups is 1. The molecule has 0 radical (unpaired) electrons. The molecule has 0 aliphatic heterocycles. The number of halogens is 3. The Balaban J connectivity index is 2.28. The summed E-state index contributed by atoms with van der Waals surface area (Å²) >= 11 is 0. The first kappa shape index (κ1) is 15.9. The molecule has 0 bridgehead atoms. The number of aryl methyl sites for hydroxylation is 1. The molecular formula is C14H13F3N2O3. The molecule has 0 atom stereocenters. The number of carboxylic acid groups (broad SMARTS) is 1. The quantitative estimate of drug-likeness (QED) is 0.920. The SMILES string of the molecule is CCn1ncc(C(=O)O)c1COc1ccccc1C(F)(F)F. The second-order valence-electron chi connectivity index (χ2n) is 4.41. The number of benzene rings is 1. The lowest BCUT2D eigenvalue weighted by Crippen LogP contribution is -2.13. The minimum Gasteiger partial charge on any atom is -0.487 e. The van der Waals surface area contributed by atoms with Gasteiger partial charge in [-0.25, -0.2) is 4.79 Å². The molecule has 2 rings (SSSR count). The van der Waals surface area contributed by atoms with E-state index in [4.69, 9.17) is 9.84 Å². The van der Waals surface area contributed by atoms with Crippen LogP contribution in [0.4, 0.5) is 13.2 Å². The Morgan fingerprint density at radius 2 is 2.05 bits per heavy atom. The van der Waals surface area contributed by atoms with E-state index in [0.29, 0.717) is 6.54 Å². The molecule has 0 saturated heterocycles. The predicted octanol–water partition coefficient (Wildman–Crippen LogP) is 3.20. The molecule has 1 aromatic heterocycles. The van der Waals surface area contributed by atoms with Gasteiger partial charge in [-0.15, -0.1) is 0 Å². The van der Waals surface area contributed by atoms with Crippen molar-refractivity contribution < 1.29 is 27.8 Å². The lowest BCUT2D eigenvalue weighted by molar-refractivity contribution is -0.139. The van der Waals surface area contributed by atoms with Crippen LogP contribution in [0, 0.1) is 0 Å². The molecule has 118 valence electrons. The first-order valence-electron chi connectivity index (χ1n) is 6.41. The van der Waals surface area contributed by atoms with Gasteiger partial charge in [0.05, 0.1) is 17.5 Å². The van der Waals surface area contributed by atoms with Gasteiger partial charge >= 0.3 is 12.1 Å². The van der Waals surface area contributed by atoms with Crippen molar-refractivity contribution in [2.24, 2.45) is 0 Å². The van der Waals surface area contributed by atoms with E-state index in [1.807, 2.05) is 0 Å². The number of aromatic nitrogens is 2. The minimum absolute atomic E-state index is 0.0914. The molecule has 0 spiro atoms. The summed E-state index contributed by atoms with van der Waals surface area (Å²) in [5.41, 5.74) is -0.784. The van der Waals surface area contributed by atoms with Gasteiger partial charge in [-0.1, -0.05) is 12.1 Å². The lowest BCUT2D eigenvalue weighted by atomic mass is 10.2. The second-order valence-corrected chi connectivity index (χ2v) is 4.41. The van der Waals surface area contributed by atoms with Crippen LogP contribution < -0.4 is 4.74 Å². The number of alkyl halides is 3. The molecule has 0 aliphatic carbocycles. The van der Waals surface area contributed by atoms with E-state index in [1.54, 1.807) is 6.92 Å². The number of rotatable bonds is 5. The minimum atomic E-state index is -4.54. The Bertz CT molecular complexity index is 680. The van der Waals surface area contributed by atoms with E-state index in [1.165, 1.54) is 22.9 Å². The van der Waals surface area contributed by atoms with Gasteiger partial charge in [0.15, 0.2) is 0 Å². The average Bonchev–Trinajstić information content (AvgIpc) is 2.87. The van der Waals surface area contributed by atoms with Crippen LogP contribution >= 0.6 is 0 Å². The van der Waals surface area contributed by atoms with Crippen LogP contribution in [0.2, 0.25) is 0 Å². The largest absolute Gasteiger partial charge is 0.487 e. The summed E-state index contributed by atoms with van der Waals surface area (Å²) in [5, 5.41) is 12.9. The fourth-order valence-electron chi connectivity index (χ4n) is 1.99. The van der Waals surface area contributed by atoms with Crippen LogP contribution in [-0.4, -0.2) is 20.9 Å². The maximum absolute atomic E-state index is 12.9. The monoisotopic (exact) mass is 314 g/mol. The molecule has 8 heteroatoms. The van der Waals surface area contributed by atoms with Crippen molar-refractivity contribution in [3.8, 4) is 5.75 Å². The Morgan fingerprint density at radius 1 is 1.36 bits per heavy atom. The maximum atomic E-state index is 12.9. The number of para-hydroxylation sites is 1. The highest BCUT2D eigenvalue weighted by Crippen LogP contribution is 2.36. The molecule has 2 aromatic rings. The normalized spacial score (nSPS) is 11.5. The molecule has 1 heterocycles. The number of carboxylic acids is 1. The number of aromatic carboxylic acids is 1. The summed E-state index contributed by atoms with van der Waals surface area (Å²) < 4.78 is 45.2. The smallest absolute Gasteiger partial charge is 0.419 e. The Labute approximate surface area is 123 Å². The topological polar surface area (TPSA) is 64.4 Å². The fourth-order valence-corrected chi connectivity index (χ4v) is 1.99. The highest BCUT2D eigenvalue weighted by atomic mass is 19.4. The van der Waals surface area contributed by atoms with Crippen molar-refractivity contribution in [2.45, 2.75) is 26.3 Å². The predicted molar refractivity (Wildman–Crippen MR) is 70.6 cm³/mol. The summed E-state index contributed by atoms with van der Waals surface area (Å²) in [6.07, 6.45) is -3.39. The van der Waals surface area contributed by atoms with E-state index in [2.05, 4.69) is 5.10 Å². The molecule has 5 nitrogen and oxygen atoms in total. The van der Waals surface area contributed by atoms with Crippen LogP contribution in [0.1, 0.15) is 28.5 Å². The van der Waals surface area contributed by atoms with E-state index >= 15 is 0 Å². The third-order valence-corrected chi connectivity index (χ3v) is 3.04. The molecule has 22 heavy (non-hydrogen) atoms. The Morgan fingerprint density at radius 3 is 2.64 bits per heavy atom. The molecule has 0 unspecified atom stereocenters. The first-order valence-corrected chi connectivity index (χ1v) is 6.41. The molecule has 1 N–H and O–H groups in total. The zero-order valence-corrected chi connectivity index (χ0v) is 11.6. The van der Waals surface area contributed by atoms with Gasteiger partial charge in [0, 0.05) is 6.54 Å². The summed E-state index contributed by atoms with van der Waals surface area (Å²) in [7, 11) is 0. The Kier molecular flexibility index (Phi) is 4.39. The molecule has 0 fully saturated rings. The van der Waals surface area contributed by atoms with Crippen LogP contribution in [0.15, 0.2) is 30.5 Å². The molecule has 0 aliphatic rings. The van der Waals surface area contributed by atoms with E-state index in [-0.39, 0.29) is 23.6 Å². The van der Waals surface area contributed by atoms with Crippen molar-refractivity contribution in [1.82, 2.24) is 9.78 Å². The number of ether oxygens (including phenoxy) is 1. The fraction of sp³-hybridized carbons (Fsp3) is 0.286. The summed E-state index contributed by atoms with van der Waals surface area (Å²) in [6.45, 7) is 1.81. The van der Waals surface area contributed by atoms with Crippen LogP contribution in [0.25, 0.3) is 0 Å². The van der Waals surface area contributed by atoms with Gasteiger partial charge < -0.3 is 9.84 Å². The van der Waals surface area contributed by atoms with E-state index < -0.39 is 17.7 Å². The average molecular weight is 314 g/mol. The lowest BCUT2D eigenvalue weighted by Gasteiger charge is -2.14. The van der Waals surface area contributed by atoms with E-state index in [0.717, 1.165) is 12.3 Å². The van der Waals surface area contributed by atoms with Gasteiger partial charge in [-0.3, -0.25) is 4.68 Å². The van der Waals surface area contributed by atoms with Gasteiger partial charge in [-0.05, 0) is 19.1 Å². The van der Waals surface area contributed by atoms with Gasteiger partial charge in [0.25, 0.3) is 0 Å². The van der Waals surface area contributed by atoms with Crippen molar-refractivity contribution in [3.63, 3.8) is 0 Å². The van der Waals surface area contributed by atoms with Gasteiger partial charge in [0.2, 0.25) is 0 Å². The number of nitrogens with zero attached hydrogens (tertiary/aromatic N) is 2. The molecular weight excluding hydrogens is 301 g/mol. The van der Waals surface area contributed by atoms with Crippen molar-refractivity contribution in [1.29, 1.82) is 0 Å². The maximum Gasteiger partial charge on any atom is 0.419 e. The Hall–Kier alpha value is -2.51. The van der Waals surface area contributed by atoms with Gasteiger partial charge in [0.1, 0.15) is 17.9 Å². The third kappa shape index (κ3) is 3.21. The van der Waals surface area contributed by atoms with Gasteiger partial charge in [-0.2, -0.15) is 18.3 Å². The second kappa shape index (κ2) is 6.08. The summed E-state index contributed by atoms with van der Waals surface area (Å²) in [5.74, 6) is -1.56. The van der Waals surface area contributed by atoms with Crippen LogP contribution in [0.3, 0.4) is 0 Å². The molecule has 0 saturated carbocycles. The van der Waals surface area contributed by atoms with Crippen molar-refractivity contribution in [2.75, 3.05) is 0 Å². The summed E-state index contributed by atoms with van der Waals surface area (Å²) in [4.78, 5) is 11.1. The zero-order valence-electron chi connectivity index (χ0n) is 11.6. The highest BCUT2D eigenvalue weighted by Gasteiger charge is 2.34.